The molecule has 0 saturated carbocycles. The number of morpholine rings is 1. The number of benzene rings is 2. The topological polar surface area (TPSA) is 76.1 Å². The van der Waals surface area contributed by atoms with Crippen LogP contribution in [0.5, 0.6) is 11.5 Å². The zero-order valence-electron chi connectivity index (χ0n) is 12.9. The van der Waals surface area contributed by atoms with E-state index in [1.165, 1.54) is 4.90 Å². The fourth-order valence-corrected chi connectivity index (χ4v) is 2.50. The lowest BCUT2D eigenvalue weighted by Gasteiger charge is -2.31. The Morgan fingerprint density at radius 2 is 1.79 bits per heavy atom. The first-order valence-corrected chi connectivity index (χ1v) is 7.61. The van der Waals surface area contributed by atoms with Crippen LogP contribution in [0.2, 0.25) is 0 Å². The summed E-state index contributed by atoms with van der Waals surface area (Å²) in [5.74, 6) is -0.271. The van der Waals surface area contributed by atoms with E-state index in [0.29, 0.717) is 23.6 Å². The van der Waals surface area contributed by atoms with Gasteiger partial charge in [0.15, 0.2) is 6.10 Å². The van der Waals surface area contributed by atoms with Crippen molar-refractivity contribution in [1.82, 2.24) is 4.90 Å². The smallest absolute Gasteiger partial charge is 0.334 e. The van der Waals surface area contributed by atoms with Crippen LogP contribution in [-0.2, 0) is 9.53 Å². The number of para-hydroxylation sites is 2. The van der Waals surface area contributed by atoms with E-state index in [9.17, 15) is 9.59 Å². The molecular weight excluding hydrogens is 310 g/mol. The predicted octanol–water partition coefficient (Wildman–Crippen LogP) is 2.40. The van der Waals surface area contributed by atoms with Gasteiger partial charge in [0, 0.05) is 6.54 Å². The summed E-state index contributed by atoms with van der Waals surface area (Å²) in [7, 11) is 0. The normalized spacial score (nSPS) is 17.3. The Kier molecular flexibility index (Phi) is 4.77. The van der Waals surface area contributed by atoms with Crippen molar-refractivity contribution in [3.8, 4) is 11.5 Å². The van der Waals surface area contributed by atoms with Gasteiger partial charge in [-0.2, -0.15) is 0 Å². The fourth-order valence-electron chi connectivity index (χ4n) is 2.50. The molecule has 1 N–H and O–H groups in total. The zero-order chi connectivity index (χ0) is 16.9. The Morgan fingerprint density at radius 1 is 1.08 bits per heavy atom. The van der Waals surface area contributed by atoms with Gasteiger partial charge in [-0.1, -0.05) is 30.3 Å². The molecule has 1 saturated heterocycles. The first kappa shape index (κ1) is 16.0. The highest BCUT2D eigenvalue weighted by molar-refractivity contribution is 5.97. The molecule has 124 valence electrons. The second kappa shape index (κ2) is 7.14. The summed E-state index contributed by atoms with van der Waals surface area (Å²) in [6.07, 6.45) is -0.995. The molecule has 3 rings (SSSR count). The van der Waals surface area contributed by atoms with Crippen LogP contribution in [0.15, 0.2) is 54.6 Å². The molecule has 6 nitrogen and oxygen atoms in total. The number of carbonyl (C=O) groups is 2. The Bertz CT molecular complexity index is 731. The number of hydrogen-bond acceptors (Lipinski definition) is 4. The molecule has 0 aliphatic carbocycles. The number of carboxylic acid groups (broad SMARTS) is 1. The molecular formula is C18H17NO5. The second-order valence-electron chi connectivity index (χ2n) is 5.36. The summed E-state index contributed by atoms with van der Waals surface area (Å²) < 4.78 is 11.0. The average molecular weight is 327 g/mol. The number of carbonyl (C=O) groups excluding carboxylic acids is 1. The van der Waals surface area contributed by atoms with E-state index in [4.69, 9.17) is 14.6 Å². The maximum Gasteiger partial charge on any atom is 0.334 e. The number of rotatable bonds is 4. The van der Waals surface area contributed by atoms with Crippen LogP contribution in [-0.4, -0.2) is 47.7 Å². The molecule has 24 heavy (non-hydrogen) atoms. The van der Waals surface area contributed by atoms with Crippen molar-refractivity contribution in [2.75, 3.05) is 19.7 Å². The predicted molar refractivity (Wildman–Crippen MR) is 86.2 cm³/mol. The molecule has 2 aromatic rings. The number of hydrogen-bond donors (Lipinski definition) is 1. The lowest BCUT2D eigenvalue weighted by molar-refractivity contribution is -0.154. The lowest BCUT2D eigenvalue weighted by Crippen LogP contribution is -2.48. The summed E-state index contributed by atoms with van der Waals surface area (Å²) >= 11 is 0. The molecule has 2 aromatic carbocycles. The van der Waals surface area contributed by atoms with Crippen molar-refractivity contribution in [1.29, 1.82) is 0 Å². The first-order valence-electron chi connectivity index (χ1n) is 7.61. The molecule has 1 unspecified atom stereocenters. The van der Waals surface area contributed by atoms with Gasteiger partial charge in [0.1, 0.15) is 11.5 Å². The highest BCUT2D eigenvalue weighted by Crippen LogP contribution is 2.26. The van der Waals surface area contributed by atoms with Crippen molar-refractivity contribution in [3.05, 3.63) is 60.2 Å². The van der Waals surface area contributed by atoms with Crippen LogP contribution in [0.3, 0.4) is 0 Å². The molecule has 1 aliphatic rings. The Hall–Kier alpha value is -2.86. The molecule has 1 fully saturated rings. The lowest BCUT2D eigenvalue weighted by atomic mass is 10.1. The van der Waals surface area contributed by atoms with Crippen LogP contribution >= 0.6 is 0 Å². The number of amides is 1. The van der Waals surface area contributed by atoms with E-state index in [1.807, 2.05) is 18.2 Å². The average Bonchev–Trinajstić information content (AvgIpc) is 2.62. The largest absolute Gasteiger partial charge is 0.479 e. The van der Waals surface area contributed by atoms with Crippen molar-refractivity contribution >= 4 is 11.9 Å². The number of aliphatic carboxylic acids is 1. The van der Waals surface area contributed by atoms with Crippen LogP contribution in [0.1, 0.15) is 10.4 Å². The summed E-state index contributed by atoms with van der Waals surface area (Å²) in [5, 5.41) is 9.07. The van der Waals surface area contributed by atoms with Crippen LogP contribution in [0.4, 0.5) is 0 Å². The number of ether oxygens (including phenoxy) is 2. The monoisotopic (exact) mass is 327 g/mol. The minimum Gasteiger partial charge on any atom is -0.479 e. The standard InChI is InChI=1S/C18H17NO5/c20-17(19-10-11-23-16(12-19)18(21)22)14-8-4-5-9-15(14)24-13-6-2-1-3-7-13/h1-9,16H,10-12H2,(H,21,22). The van der Waals surface area contributed by atoms with Gasteiger partial charge in [-0.25, -0.2) is 4.79 Å². The molecule has 0 bridgehead atoms. The van der Waals surface area contributed by atoms with E-state index in [0.717, 1.165) is 0 Å². The molecule has 6 heteroatoms. The van der Waals surface area contributed by atoms with E-state index in [-0.39, 0.29) is 19.1 Å². The molecule has 1 heterocycles. The van der Waals surface area contributed by atoms with Gasteiger partial charge in [-0.05, 0) is 24.3 Å². The van der Waals surface area contributed by atoms with Crippen molar-refractivity contribution in [3.63, 3.8) is 0 Å². The van der Waals surface area contributed by atoms with Gasteiger partial charge in [0.2, 0.25) is 0 Å². The quantitative estimate of drug-likeness (QED) is 0.933. The van der Waals surface area contributed by atoms with Crippen LogP contribution in [0.25, 0.3) is 0 Å². The van der Waals surface area contributed by atoms with Gasteiger partial charge < -0.3 is 19.5 Å². The van der Waals surface area contributed by atoms with Gasteiger partial charge >= 0.3 is 5.97 Å². The van der Waals surface area contributed by atoms with Crippen molar-refractivity contribution in [2.45, 2.75) is 6.10 Å². The van der Waals surface area contributed by atoms with Crippen molar-refractivity contribution < 1.29 is 24.2 Å². The summed E-state index contributed by atoms with van der Waals surface area (Å²) in [6.45, 7) is 0.570. The van der Waals surface area contributed by atoms with Gasteiger partial charge in [-0.3, -0.25) is 4.79 Å². The second-order valence-corrected chi connectivity index (χ2v) is 5.36. The molecule has 1 amide bonds. The van der Waals surface area contributed by atoms with Gasteiger partial charge in [0.05, 0.1) is 18.7 Å². The van der Waals surface area contributed by atoms with Crippen molar-refractivity contribution in [2.24, 2.45) is 0 Å². The molecule has 0 spiro atoms. The maximum absolute atomic E-state index is 12.8. The van der Waals surface area contributed by atoms with Gasteiger partial charge in [0.25, 0.3) is 5.91 Å². The third-order valence-corrected chi connectivity index (χ3v) is 3.72. The zero-order valence-corrected chi connectivity index (χ0v) is 12.9. The first-order chi connectivity index (χ1) is 11.6. The third kappa shape index (κ3) is 3.55. The Morgan fingerprint density at radius 3 is 2.54 bits per heavy atom. The molecule has 1 aliphatic heterocycles. The Balaban J connectivity index is 1.81. The minimum atomic E-state index is -1.07. The summed E-state index contributed by atoms with van der Waals surface area (Å²) in [5.41, 5.74) is 0.396. The SMILES string of the molecule is O=C(O)C1CN(C(=O)c2ccccc2Oc2ccccc2)CCO1. The highest BCUT2D eigenvalue weighted by Gasteiger charge is 2.30. The fraction of sp³-hybridized carbons (Fsp3) is 0.222. The summed E-state index contributed by atoms with van der Waals surface area (Å²) in [6, 6.07) is 16.1. The molecule has 1 atom stereocenters. The van der Waals surface area contributed by atoms with E-state index < -0.39 is 12.1 Å². The molecule has 0 radical (unpaired) electrons. The number of carboxylic acids is 1. The summed E-state index contributed by atoms with van der Waals surface area (Å²) in [4.78, 5) is 25.3. The van der Waals surface area contributed by atoms with Crippen LogP contribution < -0.4 is 4.74 Å². The van der Waals surface area contributed by atoms with Crippen LogP contribution in [0, 0.1) is 0 Å². The van der Waals surface area contributed by atoms with E-state index >= 15 is 0 Å². The van der Waals surface area contributed by atoms with E-state index in [2.05, 4.69) is 0 Å². The molecule has 0 aromatic heterocycles. The third-order valence-electron chi connectivity index (χ3n) is 3.72. The Labute approximate surface area is 139 Å². The number of nitrogens with zero attached hydrogens (tertiary/aromatic N) is 1. The van der Waals surface area contributed by atoms with Gasteiger partial charge in [-0.15, -0.1) is 0 Å². The maximum atomic E-state index is 12.8. The highest BCUT2D eigenvalue weighted by atomic mass is 16.5. The van der Waals surface area contributed by atoms with E-state index in [1.54, 1.807) is 36.4 Å². The minimum absolute atomic E-state index is 0.0217.